The fourth-order valence-electron chi connectivity index (χ4n) is 1.83. The summed E-state index contributed by atoms with van der Waals surface area (Å²) in [7, 11) is 0. The van der Waals surface area contributed by atoms with Crippen LogP contribution < -0.4 is 0 Å². The van der Waals surface area contributed by atoms with Crippen LogP contribution in [0.4, 0.5) is 0 Å². The fourth-order valence-corrected chi connectivity index (χ4v) is 3.12. The summed E-state index contributed by atoms with van der Waals surface area (Å²) < 4.78 is 3.20. The van der Waals surface area contributed by atoms with Crippen LogP contribution in [-0.4, -0.2) is 4.57 Å². The first-order valence-electron chi connectivity index (χ1n) is 5.71. The number of nitrogens with zero attached hydrogens (tertiary/aromatic N) is 1. The summed E-state index contributed by atoms with van der Waals surface area (Å²) in [5.74, 6) is 0. The Bertz CT molecular complexity index is 544. The van der Waals surface area contributed by atoms with Crippen LogP contribution in [-0.2, 0) is 12.0 Å². The van der Waals surface area contributed by atoms with Crippen LogP contribution in [0.25, 0.3) is 0 Å². The maximum atomic E-state index is 5.42. The van der Waals surface area contributed by atoms with Crippen LogP contribution in [0.1, 0.15) is 32.0 Å². The van der Waals surface area contributed by atoms with Crippen molar-refractivity contribution in [3.05, 3.63) is 50.9 Å². The summed E-state index contributed by atoms with van der Waals surface area (Å²) in [6.45, 7) is 7.55. The van der Waals surface area contributed by atoms with Gasteiger partial charge < -0.3 is 4.57 Å². The zero-order chi connectivity index (χ0) is 12.5. The first-order chi connectivity index (χ1) is 7.98. The highest BCUT2D eigenvalue weighted by atomic mass is 32.1. The number of hydrogen-bond donors (Lipinski definition) is 0. The number of thiazole rings is 1. The van der Waals surface area contributed by atoms with Gasteiger partial charge in [-0.15, -0.1) is 11.3 Å². The standard InChI is InChI=1S/C14H17NS2/c1-14(2,3)12-10-17-13(16)15(12)9-11-7-5-4-6-8-11/h4-8,10H,9H2,1-3H3. The molecule has 1 heterocycles. The molecule has 0 saturated heterocycles. The Hall–Kier alpha value is -0.930. The summed E-state index contributed by atoms with van der Waals surface area (Å²) in [6, 6.07) is 10.5. The van der Waals surface area contributed by atoms with Crippen LogP contribution in [0.15, 0.2) is 35.7 Å². The lowest BCUT2D eigenvalue weighted by atomic mass is 9.93. The Morgan fingerprint density at radius 1 is 1.18 bits per heavy atom. The zero-order valence-electron chi connectivity index (χ0n) is 10.4. The van der Waals surface area contributed by atoms with Crippen LogP contribution in [0.3, 0.4) is 0 Å². The Labute approximate surface area is 112 Å². The topological polar surface area (TPSA) is 4.93 Å². The van der Waals surface area contributed by atoms with Gasteiger partial charge in [0.1, 0.15) is 0 Å². The van der Waals surface area contributed by atoms with Gasteiger partial charge in [-0.1, -0.05) is 51.1 Å². The Morgan fingerprint density at radius 3 is 2.41 bits per heavy atom. The van der Waals surface area contributed by atoms with Crippen LogP contribution in [0, 0.1) is 3.95 Å². The number of benzene rings is 1. The van der Waals surface area contributed by atoms with E-state index in [0.717, 1.165) is 10.5 Å². The normalized spacial score (nSPS) is 11.7. The van der Waals surface area contributed by atoms with Crippen molar-refractivity contribution in [2.75, 3.05) is 0 Å². The third-order valence-corrected chi connectivity index (χ3v) is 4.01. The lowest BCUT2D eigenvalue weighted by Gasteiger charge is -2.21. The first kappa shape index (κ1) is 12.5. The molecule has 0 unspecified atom stereocenters. The Balaban J connectivity index is 2.40. The zero-order valence-corrected chi connectivity index (χ0v) is 12.1. The molecule has 1 nitrogen and oxygen atoms in total. The van der Waals surface area contributed by atoms with E-state index in [0.29, 0.717) is 0 Å². The molecule has 90 valence electrons. The van der Waals surface area contributed by atoms with E-state index in [4.69, 9.17) is 12.2 Å². The van der Waals surface area contributed by atoms with Gasteiger partial charge in [0.2, 0.25) is 0 Å². The predicted molar refractivity (Wildman–Crippen MR) is 77.4 cm³/mol. The van der Waals surface area contributed by atoms with Crippen molar-refractivity contribution in [1.82, 2.24) is 4.57 Å². The third kappa shape index (κ3) is 2.85. The van der Waals surface area contributed by atoms with E-state index in [-0.39, 0.29) is 5.41 Å². The number of aromatic nitrogens is 1. The van der Waals surface area contributed by atoms with Crippen molar-refractivity contribution in [3.8, 4) is 0 Å². The van der Waals surface area contributed by atoms with Gasteiger partial charge in [0.15, 0.2) is 3.95 Å². The van der Waals surface area contributed by atoms with Crippen molar-refractivity contribution in [2.24, 2.45) is 0 Å². The summed E-state index contributed by atoms with van der Waals surface area (Å²) in [6.07, 6.45) is 0. The molecule has 0 saturated carbocycles. The molecule has 0 fully saturated rings. The molecule has 17 heavy (non-hydrogen) atoms. The van der Waals surface area contributed by atoms with Gasteiger partial charge in [0.05, 0.1) is 0 Å². The molecule has 3 heteroatoms. The van der Waals surface area contributed by atoms with E-state index >= 15 is 0 Å². The number of hydrogen-bond acceptors (Lipinski definition) is 2. The van der Waals surface area contributed by atoms with Gasteiger partial charge in [-0.2, -0.15) is 0 Å². The fraction of sp³-hybridized carbons (Fsp3) is 0.357. The third-order valence-electron chi connectivity index (χ3n) is 2.73. The minimum absolute atomic E-state index is 0.141. The van der Waals surface area contributed by atoms with E-state index in [1.54, 1.807) is 11.3 Å². The van der Waals surface area contributed by atoms with Crippen LogP contribution in [0.2, 0.25) is 0 Å². The molecule has 0 N–H and O–H groups in total. The second-order valence-corrected chi connectivity index (χ2v) is 6.71. The quantitative estimate of drug-likeness (QED) is 0.715. The molecule has 2 rings (SSSR count). The van der Waals surface area contributed by atoms with Crippen molar-refractivity contribution in [3.63, 3.8) is 0 Å². The van der Waals surface area contributed by atoms with Gasteiger partial charge in [-0.3, -0.25) is 0 Å². The molecule has 1 aromatic carbocycles. The summed E-state index contributed by atoms with van der Waals surface area (Å²) in [5.41, 5.74) is 2.76. The second-order valence-electron chi connectivity index (χ2n) is 5.21. The maximum absolute atomic E-state index is 5.42. The molecule has 2 aromatic rings. The van der Waals surface area contributed by atoms with Crippen LogP contribution >= 0.6 is 23.6 Å². The van der Waals surface area contributed by atoms with E-state index in [1.807, 2.05) is 6.07 Å². The average Bonchev–Trinajstić information content (AvgIpc) is 2.62. The summed E-state index contributed by atoms with van der Waals surface area (Å²) in [5, 5.41) is 2.19. The van der Waals surface area contributed by atoms with Crippen molar-refractivity contribution >= 4 is 23.6 Å². The molecule has 0 aliphatic rings. The van der Waals surface area contributed by atoms with Crippen molar-refractivity contribution in [2.45, 2.75) is 32.7 Å². The van der Waals surface area contributed by atoms with Gasteiger partial charge in [-0.25, -0.2) is 0 Å². The maximum Gasteiger partial charge on any atom is 0.161 e. The van der Waals surface area contributed by atoms with E-state index in [9.17, 15) is 0 Å². The van der Waals surface area contributed by atoms with Crippen molar-refractivity contribution in [1.29, 1.82) is 0 Å². The minimum Gasteiger partial charge on any atom is -0.322 e. The smallest absolute Gasteiger partial charge is 0.161 e. The molecule has 0 bridgehead atoms. The lowest BCUT2D eigenvalue weighted by Crippen LogP contribution is -2.18. The highest BCUT2D eigenvalue weighted by Gasteiger charge is 2.19. The molecule has 1 aromatic heterocycles. The molecule has 0 aliphatic heterocycles. The molecular weight excluding hydrogens is 246 g/mol. The SMILES string of the molecule is CC(C)(C)c1csc(=S)n1Cc1ccccc1. The minimum atomic E-state index is 0.141. The average molecular weight is 263 g/mol. The van der Waals surface area contributed by atoms with Crippen LogP contribution in [0.5, 0.6) is 0 Å². The first-order valence-corrected chi connectivity index (χ1v) is 7.00. The highest BCUT2D eigenvalue weighted by Crippen LogP contribution is 2.26. The second kappa shape index (κ2) is 4.75. The molecular formula is C14H17NS2. The van der Waals surface area contributed by atoms with Gasteiger partial charge >= 0.3 is 0 Å². The van der Waals surface area contributed by atoms with Gasteiger partial charge in [-0.05, 0) is 17.8 Å². The summed E-state index contributed by atoms with van der Waals surface area (Å²) in [4.78, 5) is 0. The van der Waals surface area contributed by atoms with E-state index in [1.165, 1.54) is 11.3 Å². The summed E-state index contributed by atoms with van der Waals surface area (Å²) >= 11 is 7.08. The Morgan fingerprint density at radius 2 is 1.82 bits per heavy atom. The lowest BCUT2D eigenvalue weighted by molar-refractivity contribution is 0.529. The predicted octanol–water partition coefficient (Wildman–Crippen LogP) is 4.62. The molecule has 0 aliphatic carbocycles. The van der Waals surface area contributed by atoms with Gasteiger partial charge in [0.25, 0.3) is 0 Å². The van der Waals surface area contributed by atoms with E-state index < -0.39 is 0 Å². The highest BCUT2D eigenvalue weighted by molar-refractivity contribution is 7.73. The Kier molecular flexibility index (Phi) is 3.50. The van der Waals surface area contributed by atoms with E-state index in [2.05, 4.69) is 55.0 Å². The molecule has 0 radical (unpaired) electrons. The monoisotopic (exact) mass is 263 g/mol. The molecule has 0 amide bonds. The van der Waals surface area contributed by atoms with Gasteiger partial charge in [0, 0.05) is 23.0 Å². The van der Waals surface area contributed by atoms with Crippen molar-refractivity contribution < 1.29 is 0 Å². The largest absolute Gasteiger partial charge is 0.322 e. The molecule has 0 spiro atoms. The molecule has 0 atom stereocenters. The number of rotatable bonds is 2.